The maximum absolute atomic E-state index is 13.8. The molecule has 46 heavy (non-hydrogen) atoms. The van der Waals surface area contributed by atoms with E-state index in [2.05, 4.69) is 17.2 Å². The second-order valence-corrected chi connectivity index (χ2v) is 12.9. The third-order valence-electron chi connectivity index (χ3n) is 7.31. The van der Waals surface area contributed by atoms with E-state index >= 15 is 0 Å². The van der Waals surface area contributed by atoms with Crippen molar-refractivity contribution in [3.8, 4) is 5.75 Å². The number of esters is 1. The number of ether oxygens (including phenoxy) is 2. The Morgan fingerprint density at radius 2 is 1.54 bits per heavy atom. The van der Waals surface area contributed by atoms with Crippen LogP contribution >= 0.6 is 11.8 Å². The molecule has 238 valence electrons. The van der Waals surface area contributed by atoms with Crippen molar-refractivity contribution in [3.63, 3.8) is 0 Å². The Hall–Kier alpha value is -5.03. The van der Waals surface area contributed by atoms with E-state index in [-0.39, 0.29) is 11.4 Å². The number of benzene rings is 3. The maximum Gasteiger partial charge on any atom is 0.408 e. The van der Waals surface area contributed by atoms with Gasteiger partial charge in [0.25, 0.3) is 5.91 Å². The molecule has 1 unspecified atom stereocenters. The quantitative estimate of drug-likeness (QED) is 0.216. The van der Waals surface area contributed by atoms with Crippen LogP contribution in [-0.4, -0.2) is 56.7 Å². The lowest BCUT2D eigenvalue weighted by atomic mass is 10.00. The summed E-state index contributed by atoms with van der Waals surface area (Å²) in [6.45, 7) is 8.93. The number of aromatic hydroxyl groups is 1. The van der Waals surface area contributed by atoms with Crippen LogP contribution in [0.1, 0.15) is 49.6 Å². The molecule has 2 aliphatic heterocycles. The number of hydrogen-bond donors (Lipinski definition) is 3. The van der Waals surface area contributed by atoms with Gasteiger partial charge < -0.3 is 25.2 Å². The summed E-state index contributed by atoms with van der Waals surface area (Å²) in [5.41, 5.74) is 1.70. The van der Waals surface area contributed by atoms with Crippen LogP contribution in [0.5, 0.6) is 5.75 Å². The molecular formula is C35H35N3O7S. The van der Waals surface area contributed by atoms with Crippen LogP contribution in [-0.2, 0) is 23.9 Å². The number of β-lactam (4-membered cyclic amide) rings is 1. The molecule has 5 rings (SSSR count). The van der Waals surface area contributed by atoms with Crippen LogP contribution in [0.3, 0.4) is 0 Å². The SMILES string of the molecule is C=CC1=C(C(=O)OC(c2ccccc2)c2ccccc2)N2C(=O)[C@@H](NC(=O)C(NC(=O)OC(C)(C)C)c3ccc(O)cc3)[C@@H]2SC1. The van der Waals surface area contributed by atoms with Gasteiger partial charge in [-0.3, -0.25) is 14.5 Å². The third-order valence-corrected chi connectivity index (χ3v) is 8.62. The zero-order chi connectivity index (χ0) is 33.0. The minimum absolute atomic E-state index is 0.0189. The monoisotopic (exact) mass is 641 g/mol. The van der Waals surface area contributed by atoms with Gasteiger partial charge in [-0.15, -0.1) is 11.8 Å². The van der Waals surface area contributed by atoms with Crippen LogP contribution < -0.4 is 10.6 Å². The number of carbonyl (C=O) groups is 4. The van der Waals surface area contributed by atoms with Crippen LogP contribution in [0.25, 0.3) is 0 Å². The molecule has 2 aliphatic rings. The number of carbonyl (C=O) groups excluding carboxylic acids is 4. The standard InChI is InChI=1S/C35H35N3O7S/c1-5-21-20-46-32-27(36-30(40)26(22-16-18-25(39)19-17-22)37-34(43)45-35(2,3)4)31(41)38(32)28(21)33(42)44-29(23-12-8-6-9-13-23)24-14-10-7-11-15-24/h5-19,26-27,29,32,39H,1,20H2,2-4H3,(H,36,40)(H,37,43)/t26?,27-,32+/m1/s1. The first-order chi connectivity index (χ1) is 22.0. The second-order valence-electron chi connectivity index (χ2n) is 11.8. The lowest BCUT2D eigenvalue weighted by Gasteiger charge is -2.49. The normalized spacial score (nSPS) is 18.2. The molecule has 0 aromatic heterocycles. The number of alkyl carbamates (subject to hydrolysis) is 1. The topological polar surface area (TPSA) is 134 Å². The molecule has 10 nitrogen and oxygen atoms in total. The number of nitrogens with one attached hydrogen (secondary N) is 2. The van der Waals surface area contributed by atoms with Gasteiger partial charge in [-0.25, -0.2) is 9.59 Å². The van der Waals surface area contributed by atoms with Gasteiger partial charge >= 0.3 is 12.1 Å². The molecule has 3 atom stereocenters. The van der Waals surface area contributed by atoms with Crippen LogP contribution in [0.2, 0.25) is 0 Å². The Morgan fingerprint density at radius 1 is 0.957 bits per heavy atom. The van der Waals surface area contributed by atoms with Crippen LogP contribution in [0, 0.1) is 0 Å². The molecule has 0 saturated carbocycles. The number of phenols is 1. The van der Waals surface area contributed by atoms with Crippen molar-refractivity contribution in [2.75, 3.05) is 5.75 Å². The Balaban J connectivity index is 1.36. The summed E-state index contributed by atoms with van der Waals surface area (Å²) in [6.07, 6.45) is -0.0207. The first-order valence-corrected chi connectivity index (χ1v) is 15.7. The molecule has 1 saturated heterocycles. The number of rotatable bonds is 9. The Labute approximate surface area is 271 Å². The minimum Gasteiger partial charge on any atom is -0.508 e. The van der Waals surface area contributed by atoms with E-state index in [0.717, 1.165) is 11.1 Å². The highest BCUT2D eigenvalue weighted by Crippen LogP contribution is 2.42. The second kappa shape index (κ2) is 13.5. The highest BCUT2D eigenvalue weighted by molar-refractivity contribution is 8.00. The highest BCUT2D eigenvalue weighted by Gasteiger charge is 2.54. The average Bonchev–Trinajstić information content (AvgIpc) is 3.04. The summed E-state index contributed by atoms with van der Waals surface area (Å²) in [5.74, 6) is -1.52. The zero-order valence-electron chi connectivity index (χ0n) is 25.6. The zero-order valence-corrected chi connectivity index (χ0v) is 26.5. The molecule has 3 N–H and O–H groups in total. The van der Waals surface area contributed by atoms with Gasteiger partial charge in [0, 0.05) is 5.75 Å². The van der Waals surface area contributed by atoms with E-state index in [4.69, 9.17) is 9.47 Å². The largest absolute Gasteiger partial charge is 0.508 e. The van der Waals surface area contributed by atoms with E-state index in [9.17, 15) is 24.3 Å². The van der Waals surface area contributed by atoms with Gasteiger partial charge in [-0.1, -0.05) is 85.5 Å². The number of allylic oxidation sites excluding steroid dienone is 1. The molecule has 0 radical (unpaired) electrons. The van der Waals surface area contributed by atoms with E-state index in [0.29, 0.717) is 16.9 Å². The number of hydrogen-bond acceptors (Lipinski definition) is 8. The summed E-state index contributed by atoms with van der Waals surface area (Å²) < 4.78 is 11.4. The fourth-order valence-corrected chi connectivity index (χ4v) is 6.50. The molecule has 1 fully saturated rings. The van der Waals surface area contributed by atoms with Crippen molar-refractivity contribution < 1.29 is 33.8 Å². The van der Waals surface area contributed by atoms with Crippen molar-refractivity contribution in [1.82, 2.24) is 15.5 Å². The minimum atomic E-state index is -1.23. The number of nitrogens with zero attached hydrogens (tertiary/aromatic N) is 1. The number of amides is 3. The Bertz CT molecular complexity index is 1610. The first-order valence-electron chi connectivity index (χ1n) is 14.7. The van der Waals surface area contributed by atoms with E-state index in [1.807, 2.05) is 60.7 Å². The number of fused-ring (bicyclic) bond motifs is 1. The predicted octanol–water partition coefficient (Wildman–Crippen LogP) is 5.13. The van der Waals surface area contributed by atoms with Crippen molar-refractivity contribution in [2.45, 2.75) is 49.9 Å². The molecule has 3 aromatic rings. The van der Waals surface area contributed by atoms with Gasteiger partial charge in [-0.05, 0) is 55.2 Å². The molecular weight excluding hydrogens is 606 g/mol. The van der Waals surface area contributed by atoms with Crippen molar-refractivity contribution in [2.24, 2.45) is 0 Å². The Kier molecular flexibility index (Phi) is 9.52. The van der Waals surface area contributed by atoms with Crippen molar-refractivity contribution >= 4 is 35.6 Å². The van der Waals surface area contributed by atoms with E-state index in [1.54, 1.807) is 20.8 Å². The van der Waals surface area contributed by atoms with Gasteiger partial charge in [0.15, 0.2) is 6.10 Å². The molecule has 3 amide bonds. The highest BCUT2D eigenvalue weighted by atomic mass is 32.2. The lowest BCUT2D eigenvalue weighted by Crippen LogP contribution is -2.71. The van der Waals surface area contributed by atoms with E-state index < -0.39 is 53.0 Å². The smallest absolute Gasteiger partial charge is 0.408 e. The van der Waals surface area contributed by atoms with Crippen LogP contribution in [0.15, 0.2) is 109 Å². The first kappa shape index (κ1) is 32.4. The Morgan fingerprint density at radius 3 is 2.09 bits per heavy atom. The molecule has 2 heterocycles. The summed E-state index contributed by atoms with van der Waals surface area (Å²) >= 11 is 1.37. The summed E-state index contributed by atoms with van der Waals surface area (Å²) in [7, 11) is 0. The summed E-state index contributed by atoms with van der Waals surface area (Å²) in [6, 6.07) is 22.2. The predicted molar refractivity (Wildman–Crippen MR) is 173 cm³/mol. The van der Waals surface area contributed by atoms with Crippen molar-refractivity contribution in [3.05, 3.63) is 126 Å². The number of thioether (sulfide) groups is 1. The number of phenolic OH excluding ortho intramolecular Hbond substituents is 1. The van der Waals surface area contributed by atoms with Crippen molar-refractivity contribution in [1.29, 1.82) is 0 Å². The van der Waals surface area contributed by atoms with Gasteiger partial charge in [-0.2, -0.15) is 0 Å². The van der Waals surface area contributed by atoms with Gasteiger partial charge in [0.05, 0.1) is 0 Å². The van der Waals surface area contributed by atoms with Crippen LogP contribution in [0.4, 0.5) is 4.79 Å². The van der Waals surface area contributed by atoms with E-state index in [1.165, 1.54) is 47.0 Å². The van der Waals surface area contributed by atoms with Gasteiger partial charge in [0.2, 0.25) is 5.91 Å². The molecule has 0 spiro atoms. The maximum atomic E-state index is 13.8. The van der Waals surface area contributed by atoms with Gasteiger partial charge in [0.1, 0.15) is 34.5 Å². The molecule has 3 aromatic carbocycles. The molecule has 0 bridgehead atoms. The summed E-state index contributed by atoms with van der Waals surface area (Å²) in [5, 5.41) is 14.5. The summed E-state index contributed by atoms with van der Waals surface area (Å²) in [4.78, 5) is 55.1. The fraction of sp³-hybridized carbons (Fsp3) is 0.257. The molecule has 0 aliphatic carbocycles. The fourth-order valence-electron chi connectivity index (χ4n) is 5.16. The molecule has 11 heteroatoms. The lowest BCUT2D eigenvalue weighted by molar-refractivity contribution is -0.154. The third kappa shape index (κ3) is 7.10. The average molecular weight is 642 g/mol.